The van der Waals surface area contributed by atoms with Gasteiger partial charge in [0.1, 0.15) is 63.5 Å². The van der Waals surface area contributed by atoms with Gasteiger partial charge in [0.15, 0.2) is 0 Å². The van der Waals surface area contributed by atoms with Gasteiger partial charge in [-0.3, -0.25) is 84.1 Å². The molecule has 0 saturated carbocycles. The number of anilines is 9. The maximum Gasteiger partial charge on any atom is 0.295 e. The summed E-state index contributed by atoms with van der Waals surface area (Å²) in [7, 11) is -40.7. The Bertz CT molecular complexity index is 8310. The fourth-order valence-corrected chi connectivity index (χ4v) is 20.3. The van der Waals surface area contributed by atoms with Gasteiger partial charge in [0.25, 0.3) is 144 Å². The summed E-state index contributed by atoms with van der Waals surface area (Å²) in [6.07, 6.45) is 7.24. The molecular formula is C75H63N15O36S9. The molecule has 135 heavy (non-hydrogen) atoms. The molecule has 51 nitrogen and oxygen atoms in total. The van der Waals surface area contributed by atoms with Gasteiger partial charge in [-0.2, -0.15) is 75.8 Å². The normalized spacial score (nSPS) is 12.5. The number of carbonyl (C=O) groups is 9. The van der Waals surface area contributed by atoms with E-state index in [4.69, 9.17) is 0 Å². The molecule has 0 aliphatic rings. The number of nitrogens with zero attached hydrogens (tertiary/aromatic N) is 6. The van der Waals surface area contributed by atoms with Crippen molar-refractivity contribution in [3.8, 4) is 0 Å². The summed E-state index contributed by atoms with van der Waals surface area (Å²) < 4.78 is 320. The summed E-state index contributed by atoms with van der Waals surface area (Å²) in [6.45, 7) is 0. The summed E-state index contributed by atoms with van der Waals surface area (Å²) in [6, 6.07) is 16.3. The molecule has 0 saturated heterocycles. The first-order valence-corrected chi connectivity index (χ1v) is 49.7. The quantitative estimate of drug-likeness (QED) is 0.0276. The first kappa shape index (κ1) is 97.9. The van der Waals surface area contributed by atoms with Crippen LogP contribution < -0.4 is 47.9 Å². The van der Waals surface area contributed by atoms with Crippen molar-refractivity contribution in [2.24, 2.45) is 42.3 Å². The average Bonchev–Trinajstić information content (AvgIpc) is 1.18. The van der Waals surface area contributed by atoms with E-state index in [2.05, 4.69) is 47.9 Å². The van der Waals surface area contributed by atoms with E-state index >= 15 is 4.79 Å². The summed E-state index contributed by atoms with van der Waals surface area (Å²) in [5, 5.41) is 17.2. The second-order valence-electron chi connectivity index (χ2n) is 29.4. The molecule has 0 aliphatic heterocycles. The minimum absolute atomic E-state index is 0.113. The van der Waals surface area contributed by atoms with E-state index in [9.17, 15) is 155 Å². The van der Waals surface area contributed by atoms with Crippen LogP contribution in [-0.2, 0) is 133 Å². The molecule has 0 atom stereocenters. The molecule has 708 valence electrons. The van der Waals surface area contributed by atoms with Crippen molar-refractivity contribution >= 4 is 228 Å². The monoisotopic (exact) mass is 2040 g/mol. The summed E-state index contributed by atoms with van der Waals surface area (Å²) in [5.74, 6) is -9.69. The van der Waals surface area contributed by atoms with Crippen molar-refractivity contribution in [3.05, 3.63) is 215 Å². The lowest BCUT2D eigenvalue weighted by Gasteiger charge is -2.14. The van der Waals surface area contributed by atoms with Crippen molar-refractivity contribution in [2.45, 2.75) is 44.1 Å². The minimum atomic E-state index is -5.47. The van der Waals surface area contributed by atoms with Crippen LogP contribution in [0.5, 0.6) is 0 Å². The number of carbonyl (C=O) groups excluding carboxylic acids is 9. The van der Waals surface area contributed by atoms with Crippen molar-refractivity contribution < 1.29 is 160 Å². The van der Waals surface area contributed by atoms with Crippen molar-refractivity contribution in [3.63, 3.8) is 0 Å². The van der Waals surface area contributed by atoms with Gasteiger partial charge in [0.05, 0.1) is 65.5 Å². The fourth-order valence-electron chi connectivity index (χ4n) is 14.1. The number of benzene rings is 7. The highest BCUT2D eigenvalue weighted by Crippen LogP contribution is 2.40. The second-order valence-corrected chi connectivity index (χ2v) is 42.0. The molecule has 18 N–H and O–H groups in total. The zero-order valence-corrected chi connectivity index (χ0v) is 75.8. The molecule has 0 radical (unpaired) electrons. The molecule has 7 aromatic carbocycles. The first-order chi connectivity index (χ1) is 62.2. The molecule has 0 unspecified atom stereocenters. The number of aromatic nitrogens is 6. The Hall–Kier alpha value is -14.6. The molecule has 6 aromatic heterocycles. The second kappa shape index (κ2) is 34.8. The Morgan fingerprint density at radius 3 is 0.570 bits per heavy atom. The highest BCUT2D eigenvalue weighted by Gasteiger charge is 2.34. The van der Waals surface area contributed by atoms with E-state index in [0.29, 0.717) is 36.4 Å². The maximum absolute atomic E-state index is 15.1. The Labute approximate surface area is 759 Å². The third-order valence-corrected chi connectivity index (χ3v) is 27.8. The van der Waals surface area contributed by atoms with Crippen LogP contribution in [0.25, 0.3) is 32.3 Å². The van der Waals surface area contributed by atoms with Gasteiger partial charge in [-0.1, -0.05) is 6.07 Å². The zero-order valence-electron chi connectivity index (χ0n) is 68.5. The highest BCUT2D eigenvalue weighted by molar-refractivity contribution is 7.88. The van der Waals surface area contributed by atoms with Crippen LogP contribution in [0.1, 0.15) is 94.0 Å². The van der Waals surface area contributed by atoms with Crippen LogP contribution >= 0.6 is 0 Å². The van der Waals surface area contributed by atoms with Crippen LogP contribution in [0.15, 0.2) is 209 Å². The van der Waals surface area contributed by atoms with Crippen molar-refractivity contribution in [1.29, 1.82) is 0 Å². The van der Waals surface area contributed by atoms with E-state index in [0.717, 1.165) is 80.4 Å². The van der Waals surface area contributed by atoms with Crippen molar-refractivity contribution in [2.75, 3.05) is 47.9 Å². The van der Waals surface area contributed by atoms with E-state index in [1.807, 2.05) is 0 Å². The summed E-state index contributed by atoms with van der Waals surface area (Å²) in [4.78, 5) is 118. The van der Waals surface area contributed by atoms with Crippen LogP contribution in [0.3, 0.4) is 0 Å². The van der Waals surface area contributed by atoms with E-state index in [-0.39, 0.29) is 86.5 Å². The number of fused-ring (bicyclic) bond motifs is 3. The van der Waals surface area contributed by atoms with Gasteiger partial charge in [0, 0.05) is 129 Å². The van der Waals surface area contributed by atoms with Crippen LogP contribution in [0.4, 0.5) is 51.2 Å². The molecule has 0 aliphatic carbocycles. The third kappa shape index (κ3) is 20.8. The minimum Gasteiger partial charge on any atom is -0.344 e. The van der Waals surface area contributed by atoms with E-state index in [1.165, 1.54) is 99.2 Å². The van der Waals surface area contributed by atoms with Gasteiger partial charge in [-0.25, -0.2) is 0 Å². The summed E-state index contributed by atoms with van der Waals surface area (Å²) in [5.41, 5.74) is -6.12. The van der Waals surface area contributed by atoms with Gasteiger partial charge >= 0.3 is 0 Å². The van der Waals surface area contributed by atoms with Crippen molar-refractivity contribution in [1.82, 2.24) is 27.4 Å². The predicted molar refractivity (Wildman–Crippen MR) is 471 cm³/mol. The molecule has 6 heterocycles. The largest absolute Gasteiger partial charge is 0.344 e. The molecule has 0 spiro atoms. The Balaban J connectivity index is 0.759. The third-order valence-electron chi connectivity index (χ3n) is 20.0. The average molecular weight is 2040 g/mol. The molecule has 9 amide bonds. The number of amides is 9. The molecule has 13 rings (SSSR count). The number of rotatable bonds is 27. The van der Waals surface area contributed by atoms with Crippen LogP contribution in [0.2, 0.25) is 0 Å². The van der Waals surface area contributed by atoms with Gasteiger partial charge in [-0.05, 0) is 121 Å². The highest BCUT2D eigenvalue weighted by atomic mass is 32.3. The van der Waals surface area contributed by atoms with Gasteiger partial charge in [0.2, 0.25) is 0 Å². The smallest absolute Gasteiger partial charge is 0.295 e. The lowest BCUT2D eigenvalue weighted by atomic mass is 9.98. The Morgan fingerprint density at radius 1 is 0.207 bits per heavy atom. The first-order valence-electron chi connectivity index (χ1n) is 36.8. The SMILES string of the molecule is Cn1cc(NC(=O)c2cccc(C(=O)Nc3cc(C(=O)Nc4cc(C(=O)Nc5cc(S(=O)(=O)O)c6cc(S(=O)(=O)O)cc(S(=O)(=O)O)c6c5)n(C)c4)n(C)c3)c2C(=O)Nc2cc(C(=O)Nc3cc(C(=O)Nc4cc(S(=O)(=O)O)c5cc(S(=O)(=O)O)cc(S(=O)(=O)O)c5c4)n(C)c3)n(C)c2)cc1C(=O)Nc1cc(C(=O)Nc2cc(S(=O)(=O)O)c3cc(S(=O)(=O)O)cc(S(=O)(=O)O)c3c2)n(C)c1. The molecule has 0 fully saturated rings. The number of hydrogen-bond acceptors (Lipinski definition) is 27. The molecule has 0 bridgehead atoms. The van der Waals surface area contributed by atoms with Gasteiger partial charge < -0.3 is 75.3 Å². The number of hydrogen-bond donors (Lipinski definition) is 18. The van der Waals surface area contributed by atoms with Crippen LogP contribution in [0, 0.1) is 0 Å². The molecule has 60 heteroatoms. The van der Waals surface area contributed by atoms with Gasteiger partial charge in [-0.15, -0.1) is 0 Å². The van der Waals surface area contributed by atoms with E-state index in [1.54, 1.807) is 0 Å². The summed E-state index contributed by atoms with van der Waals surface area (Å²) >= 11 is 0. The molecule has 13 aromatic rings. The fraction of sp³-hybridized carbons (Fsp3) is 0.0800. The zero-order chi connectivity index (χ0) is 99.7. The van der Waals surface area contributed by atoms with Crippen LogP contribution in [-0.4, -0.2) is 197 Å². The Kier molecular flexibility index (Phi) is 25.2. The maximum atomic E-state index is 15.1. The number of nitrogens with one attached hydrogen (secondary N) is 9. The molecular weight excluding hydrogens is 1980 g/mol. The standard InChI is InChI=1S/C75H63N15O36S9/c1-85-28-37(13-57(85)72(96)81-39-15-54(87(3)30-39)69(93)76-34-10-48-51(60(19-34)130(109,110)111)22-43(127(100,101)102)25-63(48)133(118,119)120)79-67(91)46-8-7-9-47(68(92)80-38-14-58(86(2)29-38)73(97)82-40-16-55(88(4)31-40)70(94)77-35-11-49-52(61(20-35)131(112,113)114)23-44(128(103,104)105)26-64(49)134(121,122)123)66(46)75(99)84-42-18-59(90(6)33-42)74(98)83-41-17-56(89(5)32-41)71(95)78-36-12-50-53(62(21-36)132(115,116)117)24-45(129(106,107)108)27-65(50)135(124,125)126/h7-33H,1-6H3,(H,76,93)(H,77,94)(H,78,95)(H,79,91)(H,80,92)(H,81,96)(H,82,97)(H,83,98)(H,84,99)(H,100,101,102)(H,103,104,105)(H,106,107,108)(H,109,110,111)(H,112,113,114)(H,115,116,117)(H,118,119,120)(H,121,122,123)(H,124,125,126). The Morgan fingerprint density at radius 2 is 0.378 bits per heavy atom. The lowest BCUT2D eigenvalue weighted by molar-refractivity contribution is 0.0977. The number of aryl methyl sites for hydroxylation is 6. The predicted octanol–water partition coefficient (Wildman–Crippen LogP) is 5.67. The van der Waals surface area contributed by atoms with E-state index < -0.39 is 254 Å². The topological polar surface area (TPSA) is 781 Å². The lowest BCUT2D eigenvalue weighted by Crippen LogP contribution is -2.25.